The van der Waals surface area contributed by atoms with Crippen molar-refractivity contribution in [1.29, 1.82) is 0 Å². The van der Waals surface area contributed by atoms with Gasteiger partial charge in [-0.25, -0.2) is 9.59 Å². The van der Waals surface area contributed by atoms with Gasteiger partial charge in [0.1, 0.15) is 0 Å². The zero-order valence-electron chi connectivity index (χ0n) is 11.8. The Morgan fingerprint density at radius 2 is 0.923 bits per heavy atom. The smallest absolute Gasteiger partial charge is 0.422 e. The first-order chi connectivity index (χ1) is 11.7. The predicted molar refractivity (Wildman–Crippen MR) is 79.2 cm³/mol. The summed E-state index contributed by atoms with van der Waals surface area (Å²) in [6.45, 7) is -4.14. The molecule has 26 heavy (non-hydrogen) atoms. The largest absolute Gasteiger partial charge is 0.452 e. The van der Waals surface area contributed by atoms with Crippen LogP contribution in [0.1, 0.15) is 20.7 Å². The molecule has 0 fully saturated rings. The van der Waals surface area contributed by atoms with E-state index < -0.39 is 68.7 Å². The van der Waals surface area contributed by atoms with E-state index in [4.69, 9.17) is 46.4 Å². The van der Waals surface area contributed by atoms with Crippen LogP contribution < -0.4 is 0 Å². The maximum atomic E-state index is 12.2. The maximum absolute atomic E-state index is 12.2. The molecule has 0 bridgehead atoms. The summed E-state index contributed by atoms with van der Waals surface area (Å²) >= 11 is 22.6. The maximum Gasteiger partial charge on any atom is 0.422 e. The van der Waals surface area contributed by atoms with Gasteiger partial charge in [0.2, 0.25) is 0 Å². The minimum atomic E-state index is -4.93. The lowest BCUT2D eigenvalue weighted by Gasteiger charge is -2.16. The number of hydrogen-bond donors (Lipinski definition) is 0. The van der Waals surface area contributed by atoms with E-state index in [-0.39, 0.29) is 0 Å². The van der Waals surface area contributed by atoms with E-state index >= 15 is 0 Å². The topological polar surface area (TPSA) is 52.6 Å². The Bertz CT molecular complexity index is 671. The molecule has 0 spiro atoms. The van der Waals surface area contributed by atoms with Gasteiger partial charge < -0.3 is 9.47 Å². The van der Waals surface area contributed by atoms with Crippen LogP contribution in [-0.2, 0) is 9.47 Å². The molecule has 1 aromatic carbocycles. The van der Waals surface area contributed by atoms with E-state index in [0.717, 1.165) is 0 Å². The quantitative estimate of drug-likeness (QED) is 0.245. The zero-order chi connectivity index (χ0) is 20.4. The van der Waals surface area contributed by atoms with E-state index in [1.165, 1.54) is 0 Å². The fourth-order valence-corrected chi connectivity index (χ4v) is 2.46. The number of carbonyl (C=O) groups is 2. The van der Waals surface area contributed by atoms with Gasteiger partial charge >= 0.3 is 24.3 Å². The Morgan fingerprint density at radius 3 is 1.15 bits per heavy atom. The van der Waals surface area contributed by atoms with E-state index in [0.29, 0.717) is 0 Å². The Hall–Kier alpha value is -1.10. The van der Waals surface area contributed by atoms with Crippen LogP contribution in [0, 0.1) is 0 Å². The second-order valence-corrected chi connectivity index (χ2v) is 5.90. The molecule has 0 unspecified atom stereocenters. The molecule has 0 N–H and O–H groups in total. The van der Waals surface area contributed by atoms with Crippen LogP contribution in [0.25, 0.3) is 0 Å². The molecule has 0 aliphatic carbocycles. The molecule has 0 saturated heterocycles. The van der Waals surface area contributed by atoms with Crippen molar-refractivity contribution in [2.75, 3.05) is 13.2 Å². The molecule has 146 valence electrons. The Labute approximate surface area is 160 Å². The molecular formula is C12H4Cl4F6O4. The molecule has 0 heterocycles. The second-order valence-electron chi connectivity index (χ2n) is 4.39. The minimum Gasteiger partial charge on any atom is -0.452 e. The molecule has 14 heteroatoms. The van der Waals surface area contributed by atoms with Crippen LogP contribution in [0.5, 0.6) is 0 Å². The van der Waals surface area contributed by atoms with E-state index in [2.05, 4.69) is 9.47 Å². The van der Waals surface area contributed by atoms with E-state index in [1.807, 2.05) is 0 Å². The SMILES string of the molecule is O=C(OCC(F)(F)F)c1c(Cl)c(Cl)c(Cl)c(Cl)c1C(=O)OCC(F)(F)F. The van der Waals surface area contributed by atoms with Gasteiger partial charge in [0.15, 0.2) is 13.2 Å². The monoisotopic (exact) mass is 466 g/mol. The van der Waals surface area contributed by atoms with E-state index in [1.54, 1.807) is 0 Å². The van der Waals surface area contributed by atoms with Gasteiger partial charge in [-0.1, -0.05) is 46.4 Å². The number of benzene rings is 1. The second kappa shape index (κ2) is 8.28. The van der Waals surface area contributed by atoms with Crippen molar-refractivity contribution in [2.45, 2.75) is 12.4 Å². The summed E-state index contributed by atoms with van der Waals surface area (Å²) in [4.78, 5) is 23.7. The molecule has 0 saturated carbocycles. The molecule has 1 aromatic rings. The fourth-order valence-electron chi connectivity index (χ4n) is 1.45. The number of hydrogen-bond acceptors (Lipinski definition) is 4. The van der Waals surface area contributed by atoms with Crippen LogP contribution >= 0.6 is 46.4 Å². The third-order valence-electron chi connectivity index (χ3n) is 2.41. The van der Waals surface area contributed by atoms with Crippen molar-refractivity contribution in [2.24, 2.45) is 0 Å². The highest BCUT2D eigenvalue weighted by Crippen LogP contribution is 2.42. The van der Waals surface area contributed by atoms with Gasteiger partial charge in [-0.3, -0.25) is 0 Å². The van der Waals surface area contributed by atoms with Gasteiger partial charge in [-0.05, 0) is 0 Å². The summed E-state index contributed by atoms with van der Waals surface area (Å²) in [7, 11) is 0. The summed E-state index contributed by atoms with van der Waals surface area (Å²) in [5.41, 5.74) is -2.25. The fraction of sp³-hybridized carbons (Fsp3) is 0.333. The third kappa shape index (κ3) is 5.97. The highest BCUT2D eigenvalue weighted by molar-refractivity contribution is 6.54. The van der Waals surface area contributed by atoms with Gasteiger partial charge in [-0.2, -0.15) is 26.3 Å². The van der Waals surface area contributed by atoms with Crippen molar-refractivity contribution in [3.8, 4) is 0 Å². The highest BCUT2D eigenvalue weighted by Gasteiger charge is 2.36. The minimum absolute atomic E-state index is 0.635. The van der Waals surface area contributed by atoms with Gasteiger partial charge in [0.25, 0.3) is 0 Å². The lowest BCUT2D eigenvalue weighted by molar-refractivity contribution is -0.162. The van der Waals surface area contributed by atoms with Crippen molar-refractivity contribution in [1.82, 2.24) is 0 Å². The van der Waals surface area contributed by atoms with Crippen LogP contribution in [0.15, 0.2) is 0 Å². The van der Waals surface area contributed by atoms with Crippen molar-refractivity contribution in [3.05, 3.63) is 31.2 Å². The first kappa shape index (κ1) is 22.9. The Balaban J connectivity index is 3.39. The number of carbonyl (C=O) groups excluding carboxylic acids is 2. The number of ether oxygens (including phenoxy) is 2. The normalized spacial score (nSPS) is 12.1. The van der Waals surface area contributed by atoms with Crippen LogP contribution in [0.4, 0.5) is 26.3 Å². The summed E-state index contributed by atoms with van der Waals surface area (Å²) < 4.78 is 80.8. The highest BCUT2D eigenvalue weighted by atomic mass is 35.5. The summed E-state index contributed by atoms with van der Waals surface area (Å²) in [5.74, 6) is -3.65. The van der Waals surface area contributed by atoms with Crippen molar-refractivity contribution < 1.29 is 45.4 Å². The Kier molecular flexibility index (Phi) is 7.31. The lowest BCUT2D eigenvalue weighted by atomic mass is 10.1. The first-order valence-corrected chi connectivity index (χ1v) is 7.50. The molecule has 0 radical (unpaired) electrons. The Morgan fingerprint density at radius 1 is 0.654 bits per heavy atom. The summed E-state index contributed by atoms with van der Waals surface area (Å²) in [5, 5.41) is -2.98. The molecule has 0 atom stereocenters. The summed E-state index contributed by atoms with van der Waals surface area (Å²) in [6, 6.07) is 0. The van der Waals surface area contributed by atoms with Crippen molar-refractivity contribution >= 4 is 58.3 Å². The third-order valence-corrected chi connectivity index (χ3v) is 4.21. The average molecular weight is 468 g/mol. The zero-order valence-corrected chi connectivity index (χ0v) is 14.9. The number of halogens is 10. The van der Waals surface area contributed by atoms with Gasteiger partial charge in [-0.15, -0.1) is 0 Å². The number of alkyl halides is 6. The molecule has 0 aliphatic rings. The van der Waals surface area contributed by atoms with Crippen LogP contribution in [0.3, 0.4) is 0 Å². The van der Waals surface area contributed by atoms with Gasteiger partial charge in [0.05, 0.1) is 31.2 Å². The molecule has 4 nitrogen and oxygen atoms in total. The average Bonchev–Trinajstić information content (AvgIpc) is 2.50. The van der Waals surface area contributed by atoms with Crippen molar-refractivity contribution in [3.63, 3.8) is 0 Å². The van der Waals surface area contributed by atoms with E-state index in [9.17, 15) is 35.9 Å². The molecule has 0 amide bonds. The summed E-state index contributed by atoms with van der Waals surface area (Å²) in [6.07, 6.45) is -9.86. The lowest BCUT2D eigenvalue weighted by Crippen LogP contribution is -2.24. The van der Waals surface area contributed by atoms with Crippen LogP contribution in [0.2, 0.25) is 20.1 Å². The molecule has 1 rings (SSSR count). The predicted octanol–water partition coefficient (Wildman–Crippen LogP) is 5.74. The molecule has 0 aromatic heterocycles. The first-order valence-electron chi connectivity index (χ1n) is 5.99. The van der Waals surface area contributed by atoms with Gasteiger partial charge in [0, 0.05) is 0 Å². The molecular weight excluding hydrogens is 464 g/mol. The number of rotatable bonds is 4. The number of esters is 2. The standard InChI is InChI=1S/C12H4Cl4F6O4/c13-5-3(9(23)25-1-11(17,18)19)4(6(14)8(16)7(5)15)10(24)26-2-12(20,21)22/h1-2H2. The molecule has 0 aliphatic heterocycles. The van der Waals surface area contributed by atoms with Crippen LogP contribution in [-0.4, -0.2) is 37.5 Å².